The molecule has 1 aliphatic rings. The van der Waals surface area contributed by atoms with E-state index in [2.05, 4.69) is 27.0 Å². The quantitative estimate of drug-likeness (QED) is 0.779. The minimum atomic E-state index is 0.217. The monoisotopic (exact) mass is 347 g/mol. The number of hydrogen-bond donors (Lipinski definition) is 1. The average molecular weight is 347 g/mol. The fraction of sp³-hybridized carbons (Fsp3) is 0.250. The number of anilines is 2. The zero-order valence-electron chi connectivity index (χ0n) is 14.7. The van der Waals surface area contributed by atoms with Crippen molar-refractivity contribution in [3.8, 4) is 17.0 Å². The number of ether oxygens (including phenoxy) is 1. The summed E-state index contributed by atoms with van der Waals surface area (Å²) in [6, 6.07) is 12.3. The lowest BCUT2D eigenvalue weighted by molar-refractivity contribution is 0.414. The van der Waals surface area contributed by atoms with Gasteiger partial charge >= 0.3 is 0 Å². The van der Waals surface area contributed by atoms with Gasteiger partial charge in [0, 0.05) is 24.5 Å². The lowest BCUT2D eigenvalue weighted by atomic mass is 10.0. The maximum Gasteiger partial charge on any atom is 0.172 e. The molecule has 6 nitrogen and oxygen atoms in total. The number of benzene rings is 1. The number of methoxy groups -OCH3 is 1. The topological polar surface area (TPSA) is 77.2 Å². The highest BCUT2D eigenvalue weighted by atomic mass is 16.5. The molecule has 3 heterocycles. The number of hydrogen-bond acceptors (Lipinski definition) is 6. The molecular formula is C20H21N5O. The second-order valence-electron chi connectivity index (χ2n) is 6.33. The molecule has 0 aliphatic carbocycles. The van der Waals surface area contributed by atoms with E-state index < -0.39 is 0 Å². The van der Waals surface area contributed by atoms with Crippen LogP contribution in [0.5, 0.6) is 5.75 Å². The molecule has 4 rings (SSSR count). The Morgan fingerprint density at radius 2 is 2.04 bits per heavy atom. The first-order chi connectivity index (χ1) is 12.8. The Morgan fingerprint density at radius 1 is 1.19 bits per heavy atom. The Morgan fingerprint density at radius 3 is 2.85 bits per heavy atom. The van der Waals surface area contributed by atoms with Gasteiger partial charge in [-0.05, 0) is 42.7 Å². The molecule has 2 aromatic heterocycles. The zero-order chi connectivity index (χ0) is 17.9. The van der Waals surface area contributed by atoms with Gasteiger partial charge in [0.25, 0.3) is 0 Å². The van der Waals surface area contributed by atoms with Gasteiger partial charge in [0.2, 0.25) is 0 Å². The van der Waals surface area contributed by atoms with Gasteiger partial charge in [0.1, 0.15) is 5.75 Å². The highest BCUT2D eigenvalue weighted by Gasteiger charge is 2.29. The van der Waals surface area contributed by atoms with Gasteiger partial charge in [0.05, 0.1) is 25.0 Å². The van der Waals surface area contributed by atoms with E-state index >= 15 is 0 Å². The number of nitrogens with zero attached hydrogens (tertiary/aromatic N) is 4. The van der Waals surface area contributed by atoms with Crippen molar-refractivity contribution in [2.45, 2.75) is 18.9 Å². The molecule has 0 unspecified atom stereocenters. The highest BCUT2D eigenvalue weighted by molar-refractivity contribution is 5.66. The van der Waals surface area contributed by atoms with Crippen LogP contribution in [0, 0.1) is 0 Å². The van der Waals surface area contributed by atoms with Crippen LogP contribution >= 0.6 is 0 Å². The number of nitrogen functional groups attached to an aromatic ring is 1. The summed E-state index contributed by atoms with van der Waals surface area (Å²) in [6.07, 6.45) is 7.35. The van der Waals surface area contributed by atoms with Crippen LogP contribution in [-0.2, 0) is 0 Å². The average Bonchev–Trinajstić information content (AvgIpc) is 3.19. The van der Waals surface area contributed by atoms with Crippen LogP contribution in [-0.4, -0.2) is 28.6 Å². The highest BCUT2D eigenvalue weighted by Crippen LogP contribution is 2.38. The Hall–Kier alpha value is -3.15. The minimum absolute atomic E-state index is 0.217. The third-order valence-corrected chi connectivity index (χ3v) is 4.76. The van der Waals surface area contributed by atoms with Crippen molar-refractivity contribution < 1.29 is 4.74 Å². The lowest BCUT2D eigenvalue weighted by Gasteiger charge is -2.27. The van der Waals surface area contributed by atoms with E-state index in [1.807, 2.05) is 24.3 Å². The van der Waals surface area contributed by atoms with E-state index in [1.165, 1.54) is 5.56 Å². The Balaban J connectivity index is 1.71. The second-order valence-corrected chi connectivity index (χ2v) is 6.33. The molecule has 1 saturated heterocycles. The minimum Gasteiger partial charge on any atom is -0.497 e. The van der Waals surface area contributed by atoms with Gasteiger partial charge in [-0.1, -0.05) is 12.1 Å². The van der Waals surface area contributed by atoms with E-state index in [-0.39, 0.29) is 6.04 Å². The van der Waals surface area contributed by atoms with Gasteiger partial charge in [0.15, 0.2) is 11.6 Å². The van der Waals surface area contributed by atoms with Crippen LogP contribution < -0.4 is 15.4 Å². The smallest absolute Gasteiger partial charge is 0.172 e. The van der Waals surface area contributed by atoms with Crippen molar-refractivity contribution in [3.05, 3.63) is 60.6 Å². The fourth-order valence-electron chi connectivity index (χ4n) is 3.48. The molecular weight excluding hydrogens is 326 g/mol. The fourth-order valence-corrected chi connectivity index (χ4v) is 3.48. The van der Waals surface area contributed by atoms with Crippen molar-refractivity contribution in [2.24, 2.45) is 0 Å². The molecule has 3 aromatic rings. The molecule has 0 bridgehead atoms. The number of rotatable bonds is 4. The molecule has 2 N–H and O–H groups in total. The van der Waals surface area contributed by atoms with E-state index in [0.717, 1.165) is 42.2 Å². The first-order valence-electron chi connectivity index (χ1n) is 8.70. The number of pyridine rings is 1. The lowest BCUT2D eigenvalue weighted by Crippen LogP contribution is -2.25. The summed E-state index contributed by atoms with van der Waals surface area (Å²) in [7, 11) is 1.69. The second kappa shape index (κ2) is 7.00. The van der Waals surface area contributed by atoms with Crippen molar-refractivity contribution >= 4 is 11.6 Å². The largest absolute Gasteiger partial charge is 0.497 e. The van der Waals surface area contributed by atoms with Crippen LogP contribution in [0.15, 0.2) is 55.0 Å². The Kier molecular flexibility index (Phi) is 4.39. The van der Waals surface area contributed by atoms with Crippen molar-refractivity contribution in [3.63, 3.8) is 0 Å². The summed E-state index contributed by atoms with van der Waals surface area (Å²) in [4.78, 5) is 15.5. The predicted octanol–water partition coefficient (Wildman–Crippen LogP) is 3.47. The van der Waals surface area contributed by atoms with Gasteiger partial charge in [-0.3, -0.25) is 4.98 Å². The van der Waals surface area contributed by atoms with E-state index in [4.69, 9.17) is 15.5 Å². The molecule has 0 radical (unpaired) electrons. The standard InChI is InChI=1S/C20H21N5O/c1-26-16-5-2-4-15(12-16)18-6-3-11-25(18)20-19(21)23-13-17(24-20)14-7-9-22-10-8-14/h2,4-5,7-10,12-13,18H,3,6,11H2,1H3,(H2,21,23)/t18-/m0/s1. The summed E-state index contributed by atoms with van der Waals surface area (Å²) in [5.41, 5.74) is 9.17. The van der Waals surface area contributed by atoms with E-state index in [1.54, 1.807) is 25.7 Å². The van der Waals surface area contributed by atoms with E-state index in [9.17, 15) is 0 Å². The number of nitrogens with two attached hydrogens (primary N) is 1. The van der Waals surface area contributed by atoms with Gasteiger partial charge in [-0.2, -0.15) is 0 Å². The third kappa shape index (κ3) is 3.06. The van der Waals surface area contributed by atoms with Crippen LogP contribution in [0.1, 0.15) is 24.4 Å². The van der Waals surface area contributed by atoms with Gasteiger partial charge in [-0.15, -0.1) is 0 Å². The first kappa shape index (κ1) is 16.3. The summed E-state index contributed by atoms with van der Waals surface area (Å²) in [5.74, 6) is 2.06. The van der Waals surface area contributed by atoms with Crippen LogP contribution in [0.25, 0.3) is 11.3 Å². The number of aromatic nitrogens is 3. The van der Waals surface area contributed by atoms with Crippen molar-refractivity contribution in [1.82, 2.24) is 15.0 Å². The Bertz CT molecular complexity index is 900. The van der Waals surface area contributed by atoms with Crippen molar-refractivity contribution in [1.29, 1.82) is 0 Å². The summed E-state index contributed by atoms with van der Waals surface area (Å²) < 4.78 is 5.38. The molecule has 1 fully saturated rings. The molecule has 26 heavy (non-hydrogen) atoms. The zero-order valence-corrected chi connectivity index (χ0v) is 14.7. The molecule has 0 amide bonds. The Labute approximate surface area is 152 Å². The molecule has 0 saturated carbocycles. The SMILES string of the molecule is COc1cccc([C@@H]2CCCN2c2nc(-c3ccncc3)cnc2N)c1. The molecule has 6 heteroatoms. The van der Waals surface area contributed by atoms with Crippen molar-refractivity contribution in [2.75, 3.05) is 24.3 Å². The molecule has 1 aliphatic heterocycles. The van der Waals surface area contributed by atoms with Crippen LogP contribution in [0.2, 0.25) is 0 Å². The maximum absolute atomic E-state index is 6.19. The maximum atomic E-state index is 6.19. The molecule has 0 spiro atoms. The third-order valence-electron chi connectivity index (χ3n) is 4.76. The normalized spacial score (nSPS) is 16.7. The molecule has 1 atom stereocenters. The molecule has 1 aromatic carbocycles. The van der Waals surface area contributed by atoms with Crippen LogP contribution in [0.4, 0.5) is 11.6 Å². The van der Waals surface area contributed by atoms with Gasteiger partial charge in [-0.25, -0.2) is 9.97 Å². The first-order valence-corrected chi connectivity index (χ1v) is 8.70. The van der Waals surface area contributed by atoms with E-state index in [0.29, 0.717) is 5.82 Å². The van der Waals surface area contributed by atoms with Gasteiger partial charge < -0.3 is 15.4 Å². The summed E-state index contributed by atoms with van der Waals surface area (Å²) in [5, 5.41) is 0. The summed E-state index contributed by atoms with van der Waals surface area (Å²) >= 11 is 0. The predicted molar refractivity (Wildman–Crippen MR) is 102 cm³/mol. The molecule has 132 valence electrons. The van der Waals surface area contributed by atoms with Crippen LogP contribution in [0.3, 0.4) is 0 Å². The summed E-state index contributed by atoms with van der Waals surface area (Å²) in [6.45, 7) is 0.903.